The van der Waals surface area contributed by atoms with Crippen LogP contribution < -0.4 is 19.7 Å². The van der Waals surface area contributed by atoms with Gasteiger partial charge in [0.05, 0.1) is 32.1 Å². The van der Waals surface area contributed by atoms with Gasteiger partial charge >= 0.3 is 0 Å². The Morgan fingerprint density at radius 2 is 1.79 bits per heavy atom. The minimum absolute atomic E-state index is 0.0883. The Balaban J connectivity index is 1.19. The van der Waals surface area contributed by atoms with Crippen LogP contribution in [0.15, 0.2) is 59.8 Å². The number of carbonyl (C=O) groups is 1. The average molecular weight is 482 g/mol. The molecule has 2 aliphatic rings. The second kappa shape index (κ2) is 10.8. The largest absolute Gasteiger partial charge is 0.486 e. The zero-order valence-corrected chi connectivity index (χ0v) is 19.6. The Kier molecular flexibility index (Phi) is 7.16. The number of benzene rings is 2. The van der Waals surface area contributed by atoms with E-state index in [0.717, 1.165) is 30.4 Å². The van der Waals surface area contributed by atoms with Gasteiger partial charge in [-0.05, 0) is 17.7 Å². The molecule has 5 rings (SSSR count). The lowest BCUT2D eigenvalue weighted by molar-refractivity contribution is -0.119. The summed E-state index contributed by atoms with van der Waals surface area (Å²) in [7, 11) is 0. The van der Waals surface area contributed by atoms with Crippen molar-refractivity contribution in [1.82, 2.24) is 20.1 Å². The molecule has 1 saturated heterocycles. The third-order valence-electron chi connectivity index (χ3n) is 5.60. The molecule has 0 unspecified atom stereocenters. The molecule has 2 aliphatic heterocycles. The van der Waals surface area contributed by atoms with E-state index in [0.29, 0.717) is 43.8 Å². The highest BCUT2D eigenvalue weighted by Crippen LogP contribution is 2.30. The van der Waals surface area contributed by atoms with Crippen LogP contribution in [0.25, 0.3) is 0 Å². The van der Waals surface area contributed by atoms with Crippen molar-refractivity contribution in [2.24, 2.45) is 0 Å². The number of aromatic nitrogens is 3. The molecule has 0 spiro atoms. The van der Waals surface area contributed by atoms with Crippen LogP contribution in [0.1, 0.15) is 5.56 Å². The first kappa shape index (κ1) is 22.5. The van der Waals surface area contributed by atoms with Crippen molar-refractivity contribution in [2.45, 2.75) is 17.8 Å². The van der Waals surface area contributed by atoms with Crippen molar-refractivity contribution >= 4 is 23.6 Å². The predicted molar refractivity (Wildman–Crippen MR) is 129 cm³/mol. The first-order valence-electron chi connectivity index (χ1n) is 11.3. The summed E-state index contributed by atoms with van der Waals surface area (Å²) in [6.07, 6.45) is -0.224. The fourth-order valence-electron chi connectivity index (χ4n) is 3.86. The van der Waals surface area contributed by atoms with E-state index in [4.69, 9.17) is 14.2 Å². The quantitative estimate of drug-likeness (QED) is 0.490. The molecule has 1 N–H and O–H groups in total. The summed E-state index contributed by atoms with van der Waals surface area (Å²) in [5.74, 6) is 2.39. The fourth-order valence-corrected chi connectivity index (χ4v) is 4.62. The van der Waals surface area contributed by atoms with Crippen LogP contribution in [0.3, 0.4) is 0 Å². The molecule has 3 heterocycles. The average Bonchev–Trinajstić information content (AvgIpc) is 3.29. The number of hydrogen-bond donors (Lipinski definition) is 1. The normalized spacial score (nSPS) is 17.4. The van der Waals surface area contributed by atoms with Crippen molar-refractivity contribution in [3.63, 3.8) is 0 Å². The Labute approximate surface area is 202 Å². The highest BCUT2D eigenvalue weighted by Gasteiger charge is 2.23. The minimum Gasteiger partial charge on any atom is -0.486 e. The van der Waals surface area contributed by atoms with E-state index in [2.05, 4.69) is 37.1 Å². The lowest BCUT2D eigenvalue weighted by atomic mass is 10.2. The molecule has 0 bridgehead atoms. The summed E-state index contributed by atoms with van der Waals surface area (Å²) in [4.78, 5) is 14.8. The zero-order valence-electron chi connectivity index (χ0n) is 18.8. The van der Waals surface area contributed by atoms with Crippen LogP contribution in [-0.4, -0.2) is 72.0 Å². The van der Waals surface area contributed by atoms with Gasteiger partial charge in [-0.3, -0.25) is 9.36 Å². The lowest BCUT2D eigenvalue weighted by Crippen LogP contribution is -2.41. The van der Waals surface area contributed by atoms with Crippen LogP contribution in [-0.2, 0) is 16.1 Å². The van der Waals surface area contributed by atoms with E-state index in [9.17, 15) is 4.79 Å². The van der Waals surface area contributed by atoms with Crippen LogP contribution in [0.2, 0.25) is 0 Å². The van der Waals surface area contributed by atoms with Crippen molar-refractivity contribution in [3.8, 4) is 11.5 Å². The number of rotatable bonds is 8. The molecule has 0 saturated carbocycles. The van der Waals surface area contributed by atoms with Crippen LogP contribution in [0, 0.1) is 0 Å². The first-order valence-corrected chi connectivity index (χ1v) is 12.3. The van der Waals surface area contributed by atoms with E-state index in [1.165, 1.54) is 11.8 Å². The number of thioether (sulfide) groups is 1. The molecule has 9 nitrogen and oxygen atoms in total. The van der Waals surface area contributed by atoms with Crippen LogP contribution in [0.5, 0.6) is 11.5 Å². The molecular weight excluding hydrogens is 454 g/mol. The zero-order chi connectivity index (χ0) is 23.2. The number of ether oxygens (including phenoxy) is 3. The Hall–Kier alpha value is -3.24. The molecule has 10 heteroatoms. The van der Waals surface area contributed by atoms with E-state index in [1.54, 1.807) is 0 Å². The second-order valence-corrected chi connectivity index (χ2v) is 8.99. The highest BCUT2D eigenvalue weighted by atomic mass is 32.2. The molecule has 0 radical (unpaired) electrons. The first-order chi connectivity index (χ1) is 16.8. The number of carbonyl (C=O) groups excluding carboxylic acids is 1. The maximum Gasteiger partial charge on any atom is 0.230 e. The summed E-state index contributed by atoms with van der Waals surface area (Å²) in [5, 5.41) is 12.5. The summed E-state index contributed by atoms with van der Waals surface area (Å²) in [5.41, 5.74) is 1.15. The van der Waals surface area contributed by atoms with Gasteiger partial charge in [0.15, 0.2) is 16.7 Å². The number of nitrogens with zero attached hydrogens (tertiary/aromatic N) is 4. The Morgan fingerprint density at radius 3 is 2.62 bits per heavy atom. The topological polar surface area (TPSA) is 90.7 Å². The van der Waals surface area contributed by atoms with E-state index in [-0.39, 0.29) is 17.8 Å². The van der Waals surface area contributed by atoms with Gasteiger partial charge in [0.25, 0.3) is 0 Å². The monoisotopic (exact) mass is 481 g/mol. The van der Waals surface area contributed by atoms with Gasteiger partial charge in [-0.25, -0.2) is 0 Å². The summed E-state index contributed by atoms with van der Waals surface area (Å²) >= 11 is 1.38. The van der Waals surface area contributed by atoms with Gasteiger partial charge in [0.2, 0.25) is 11.9 Å². The molecule has 0 aliphatic carbocycles. The van der Waals surface area contributed by atoms with Crippen molar-refractivity contribution < 1.29 is 19.0 Å². The van der Waals surface area contributed by atoms with Crippen molar-refractivity contribution in [2.75, 3.05) is 50.1 Å². The Morgan fingerprint density at radius 1 is 1.03 bits per heavy atom. The number of hydrogen-bond acceptors (Lipinski definition) is 8. The van der Waals surface area contributed by atoms with Gasteiger partial charge in [-0.2, -0.15) is 0 Å². The molecule has 1 atom stereocenters. The lowest BCUT2D eigenvalue weighted by Gasteiger charge is -2.28. The van der Waals surface area contributed by atoms with Gasteiger partial charge in [-0.15, -0.1) is 10.2 Å². The molecule has 2 aromatic carbocycles. The maximum absolute atomic E-state index is 12.6. The number of amides is 1. The molecule has 1 fully saturated rings. The van der Waals surface area contributed by atoms with E-state index in [1.807, 2.05) is 42.5 Å². The van der Waals surface area contributed by atoms with E-state index >= 15 is 0 Å². The number of anilines is 1. The third kappa shape index (κ3) is 5.45. The fraction of sp³-hybridized carbons (Fsp3) is 0.375. The molecule has 1 aromatic heterocycles. The molecular formula is C24H27N5O4S. The van der Waals surface area contributed by atoms with Gasteiger partial charge in [-0.1, -0.05) is 54.2 Å². The number of morpholine rings is 1. The predicted octanol–water partition coefficient (Wildman–Crippen LogP) is 2.21. The highest BCUT2D eigenvalue weighted by molar-refractivity contribution is 7.99. The summed E-state index contributed by atoms with van der Waals surface area (Å²) in [6, 6.07) is 17.7. The minimum atomic E-state index is -0.224. The van der Waals surface area contributed by atoms with Gasteiger partial charge < -0.3 is 24.4 Å². The van der Waals surface area contributed by atoms with Gasteiger partial charge in [0, 0.05) is 13.1 Å². The standard InChI is InChI=1S/C24H27N5O4S/c30-22(25-14-19-16-32-20-8-4-5-9-21(20)33-19)17-34-24-27-26-23(28-10-12-31-13-11-28)29(24)15-18-6-2-1-3-7-18/h1-9,19H,10-17H2,(H,25,30)/t19-/m0/s1. The number of fused-ring (bicyclic) bond motifs is 1. The Bertz CT molecular complexity index is 1100. The second-order valence-electron chi connectivity index (χ2n) is 8.04. The van der Waals surface area contributed by atoms with Crippen molar-refractivity contribution in [3.05, 3.63) is 60.2 Å². The maximum atomic E-state index is 12.6. The summed E-state index contributed by atoms with van der Waals surface area (Å²) < 4.78 is 19.2. The molecule has 3 aromatic rings. The van der Waals surface area contributed by atoms with Crippen LogP contribution in [0.4, 0.5) is 5.95 Å². The van der Waals surface area contributed by atoms with E-state index < -0.39 is 0 Å². The molecule has 178 valence electrons. The smallest absolute Gasteiger partial charge is 0.230 e. The molecule has 34 heavy (non-hydrogen) atoms. The van der Waals surface area contributed by atoms with Gasteiger partial charge in [0.1, 0.15) is 12.7 Å². The summed E-state index contributed by atoms with van der Waals surface area (Å²) in [6.45, 7) is 4.29. The van der Waals surface area contributed by atoms with Crippen molar-refractivity contribution in [1.29, 1.82) is 0 Å². The number of para-hydroxylation sites is 2. The molecule has 1 amide bonds. The van der Waals surface area contributed by atoms with Crippen LogP contribution >= 0.6 is 11.8 Å². The SMILES string of the molecule is O=C(CSc1nnc(N2CCOCC2)n1Cc1ccccc1)NC[C@H]1COc2ccccc2O1. The third-order valence-corrected chi connectivity index (χ3v) is 6.57. The number of nitrogens with one attached hydrogen (secondary N) is 1.